The van der Waals surface area contributed by atoms with E-state index in [0.717, 1.165) is 0 Å². The molecule has 5 nitrogen and oxygen atoms in total. The summed E-state index contributed by atoms with van der Waals surface area (Å²) in [6, 6.07) is -0.0508. The number of hydrogen-bond donors (Lipinski definition) is 1. The number of hydrogen-bond acceptors (Lipinski definition) is 3. The van der Waals surface area contributed by atoms with Crippen LogP contribution in [0.25, 0.3) is 0 Å². The summed E-state index contributed by atoms with van der Waals surface area (Å²) in [5.74, 6) is -0.877. The summed E-state index contributed by atoms with van der Waals surface area (Å²) in [5, 5.41) is 0. The second-order valence-electron chi connectivity index (χ2n) is 3.31. The molecule has 0 spiro atoms. The van der Waals surface area contributed by atoms with Crippen molar-refractivity contribution in [1.29, 1.82) is 0 Å². The van der Waals surface area contributed by atoms with Gasteiger partial charge in [0.1, 0.15) is 0 Å². The van der Waals surface area contributed by atoms with E-state index >= 15 is 0 Å². The number of carbonyl (C=O) groups excluding carboxylic acids is 2. The highest BCUT2D eigenvalue weighted by molar-refractivity contribution is 6.35. The van der Waals surface area contributed by atoms with Crippen LogP contribution in [0.4, 0.5) is 0 Å². The third kappa shape index (κ3) is 1.80. The molecular formula is C8H15N3O2. The SMILES string of the molecule is CC(CN)N1CCN(C)C(=O)C1=O. The van der Waals surface area contributed by atoms with Crippen LogP contribution < -0.4 is 5.73 Å². The predicted octanol–water partition coefficient (Wildman–Crippen LogP) is -1.37. The molecule has 1 saturated heterocycles. The second-order valence-corrected chi connectivity index (χ2v) is 3.31. The molecule has 0 radical (unpaired) electrons. The smallest absolute Gasteiger partial charge is 0.312 e. The molecule has 2 N–H and O–H groups in total. The van der Waals surface area contributed by atoms with Crippen molar-refractivity contribution in [1.82, 2.24) is 9.80 Å². The average Bonchev–Trinajstić information content (AvgIpc) is 2.13. The third-order valence-electron chi connectivity index (χ3n) is 2.34. The second kappa shape index (κ2) is 3.74. The van der Waals surface area contributed by atoms with Crippen molar-refractivity contribution in [2.24, 2.45) is 5.73 Å². The number of piperazine rings is 1. The molecule has 0 aromatic heterocycles. The lowest BCUT2D eigenvalue weighted by molar-refractivity contribution is -0.156. The van der Waals surface area contributed by atoms with Crippen LogP contribution in [0.5, 0.6) is 0 Å². The maximum Gasteiger partial charge on any atom is 0.312 e. The summed E-state index contributed by atoms with van der Waals surface area (Å²) >= 11 is 0. The molecule has 2 amide bonds. The van der Waals surface area contributed by atoms with Crippen LogP contribution in [0, 0.1) is 0 Å². The number of rotatable bonds is 2. The van der Waals surface area contributed by atoms with Gasteiger partial charge in [-0.05, 0) is 6.92 Å². The molecule has 0 aliphatic carbocycles. The number of amides is 2. The first-order chi connectivity index (χ1) is 6.07. The summed E-state index contributed by atoms with van der Waals surface area (Å²) in [5.41, 5.74) is 5.43. The fourth-order valence-corrected chi connectivity index (χ4v) is 1.29. The largest absolute Gasteiger partial charge is 0.336 e. The Morgan fingerprint density at radius 3 is 2.54 bits per heavy atom. The molecule has 0 saturated carbocycles. The van der Waals surface area contributed by atoms with Gasteiger partial charge in [0.2, 0.25) is 0 Å². The predicted molar refractivity (Wildman–Crippen MR) is 47.9 cm³/mol. The Bertz CT molecular complexity index is 229. The molecule has 0 bridgehead atoms. The average molecular weight is 185 g/mol. The van der Waals surface area contributed by atoms with Crippen LogP contribution in [0.3, 0.4) is 0 Å². The lowest BCUT2D eigenvalue weighted by atomic mass is 10.2. The highest BCUT2D eigenvalue weighted by atomic mass is 16.2. The Labute approximate surface area is 77.5 Å². The fourth-order valence-electron chi connectivity index (χ4n) is 1.29. The molecule has 0 aromatic carbocycles. The van der Waals surface area contributed by atoms with Gasteiger partial charge in [-0.2, -0.15) is 0 Å². The highest BCUT2D eigenvalue weighted by Gasteiger charge is 2.32. The zero-order chi connectivity index (χ0) is 10.0. The maximum absolute atomic E-state index is 11.4. The van der Waals surface area contributed by atoms with Crippen LogP contribution in [0.15, 0.2) is 0 Å². The monoisotopic (exact) mass is 185 g/mol. The van der Waals surface area contributed by atoms with Crippen LogP contribution in [0.1, 0.15) is 6.92 Å². The lowest BCUT2D eigenvalue weighted by Crippen LogP contribution is -2.56. The normalized spacial score (nSPS) is 20.8. The Morgan fingerprint density at radius 1 is 1.38 bits per heavy atom. The van der Waals surface area contributed by atoms with E-state index in [0.29, 0.717) is 19.6 Å². The molecule has 1 atom stereocenters. The summed E-state index contributed by atoms with van der Waals surface area (Å²) in [6.45, 7) is 3.41. The molecule has 1 fully saturated rings. The fraction of sp³-hybridized carbons (Fsp3) is 0.750. The van der Waals surface area contributed by atoms with E-state index in [1.54, 1.807) is 7.05 Å². The first-order valence-electron chi connectivity index (χ1n) is 4.34. The minimum atomic E-state index is -0.438. The first kappa shape index (κ1) is 9.98. The number of likely N-dealkylation sites (N-methyl/N-ethyl adjacent to an activating group) is 1. The van der Waals surface area contributed by atoms with Crippen molar-refractivity contribution < 1.29 is 9.59 Å². The summed E-state index contributed by atoms with van der Waals surface area (Å²) in [7, 11) is 1.63. The molecular weight excluding hydrogens is 170 g/mol. The van der Waals surface area contributed by atoms with Crippen molar-refractivity contribution in [3.63, 3.8) is 0 Å². The molecule has 1 aliphatic rings. The van der Waals surface area contributed by atoms with Crippen LogP contribution >= 0.6 is 0 Å². The summed E-state index contributed by atoms with van der Waals surface area (Å²) < 4.78 is 0. The molecule has 1 heterocycles. The Hall–Kier alpha value is -1.10. The molecule has 74 valence electrons. The first-order valence-corrected chi connectivity index (χ1v) is 4.34. The van der Waals surface area contributed by atoms with E-state index in [9.17, 15) is 9.59 Å². The topological polar surface area (TPSA) is 66.6 Å². The standard InChI is InChI=1S/C8H15N3O2/c1-6(5-9)11-4-3-10(2)7(12)8(11)13/h6H,3-5,9H2,1-2H3. The van der Waals surface area contributed by atoms with Crippen LogP contribution in [0.2, 0.25) is 0 Å². The van der Waals surface area contributed by atoms with Gasteiger partial charge in [-0.3, -0.25) is 9.59 Å². The maximum atomic E-state index is 11.4. The van der Waals surface area contributed by atoms with Gasteiger partial charge in [0.15, 0.2) is 0 Å². The number of nitrogens with zero attached hydrogens (tertiary/aromatic N) is 2. The van der Waals surface area contributed by atoms with Crippen molar-refractivity contribution >= 4 is 11.8 Å². The Balaban J connectivity index is 2.70. The van der Waals surface area contributed by atoms with E-state index < -0.39 is 11.8 Å². The van der Waals surface area contributed by atoms with Gasteiger partial charge >= 0.3 is 11.8 Å². The molecule has 1 aliphatic heterocycles. The minimum Gasteiger partial charge on any atom is -0.336 e. The third-order valence-corrected chi connectivity index (χ3v) is 2.34. The zero-order valence-electron chi connectivity index (χ0n) is 7.99. The van der Waals surface area contributed by atoms with Gasteiger partial charge < -0.3 is 15.5 Å². The summed E-state index contributed by atoms with van der Waals surface area (Å²) in [6.07, 6.45) is 0. The Kier molecular flexibility index (Phi) is 2.87. The van der Waals surface area contributed by atoms with E-state index in [-0.39, 0.29) is 6.04 Å². The summed E-state index contributed by atoms with van der Waals surface area (Å²) in [4.78, 5) is 25.6. The van der Waals surface area contributed by atoms with Crippen LogP contribution in [-0.2, 0) is 9.59 Å². The molecule has 1 rings (SSSR count). The molecule has 1 unspecified atom stereocenters. The van der Waals surface area contributed by atoms with Crippen LogP contribution in [-0.4, -0.2) is 54.3 Å². The number of carbonyl (C=O) groups is 2. The Morgan fingerprint density at radius 2 is 2.00 bits per heavy atom. The minimum absolute atomic E-state index is 0.0508. The molecule has 5 heteroatoms. The highest BCUT2D eigenvalue weighted by Crippen LogP contribution is 2.06. The van der Waals surface area contributed by atoms with Crippen molar-refractivity contribution in [3.05, 3.63) is 0 Å². The van der Waals surface area contributed by atoms with Crippen molar-refractivity contribution in [3.8, 4) is 0 Å². The van der Waals surface area contributed by atoms with E-state index in [2.05, 4.69) is 0 Å². The zero-order valence-corrected chi connectivity index (χ0v) is 7.99. The van der Waals surface area contributed by atoms with Gasteiger partial charge in [-0.1, -0.05) is 0 Å². The van der Waals surface area contributed by atoms with Crippen molar-refractivity contribution in [2.45, 2.75) is 13.0 Å². The molecule has 0 aromatic rings. The molecule has 13 heavy (non-hydrogen) atoms. The van der Waals surface area contributed by atoms with E-state index in [1.165, 1.54) is 9.80 Å². The van der Waals surface area contributed by atoms with Gasteiger partial charge in [0.25, 0.3) is 0 Å². The quantitative estimate of drug-likeness (QED) is 0.540. The van der Waals surface area contributed by atoms with Gasteiger partial charge in [-0.15, -0.1) is 0 Å². The van der Waals surface area contributed by atoms with E-state index in [1.807, 2.05) is 6.92 Å². The van der Waals surface area contributed by atoms with Gasteiger partial charge in [0.05, 0.1) is 0 Å². The number of nitrogens with two attached hydrogens (primary N) is 1. The van der Waals surface area contributed by atoms with Gasteiger partial charge in [0, 0.05) is 32.7 Å². The van der Waals surface area contributed by atoms with E-state index in [4.69, 9.17) is 5.73 Å². The van der Waals surface area contributed by atoms with Crippen molar-refractivity contribution in [2.75, 3.05) is 26.7 Å². The lowest BCUT2D eigenvalue weighted by Gasteiger charge is -2.34. The van der Waals surface area contributed by atoms with Gasteiger partial charge in [-0.25, -0.2) is 0 Å².